The topological polar surface area (TPSA) is 55.4 Å². The van der Waals surface area contributed by atoms with Crippen molar-refractivity contribution >= 4 is 38.3 Å². The summed E-state index contributed by atoms with van der Waals surface area (Å²) in [7, 11) is 0. The molecule has 6 heteroatoms. The van der Waals surface area contributed by atoms with Crippen molar-refractivity contribution < 1.29 is 18.7 Å². The number of benzene rings is 2. The number of carbonyl (C=O) groups excluding carboxylic acids is 2. The number of amides is 1. The minimum atomic E-state index is -0.617. The summed E-state index contributed by atoms with van der Waals surface area (Å²) in [4.78, 5) is 24.6. The number of nitrogens with one attached hydrogen (secondary N) is 1. The van der Waals surface area contributed by atoms with Crippen LogP contribution in [0.15, 0.2) is 48.5 Å². The molecular weight excluding hydrogens is 329 g/mol. The number of anilines is 1. The quantitative estimate of drug-likeness (QED) is 0.711. The monoisotopic (exact) mass is 343 g/mol. The summed E-state index contributed by atoms with van der Waals surface area (Å²) in [5.74, 6) is -1.74. The van der Waals surface area contributed by atoms with Gasteiger partial charge in [-0.05, 0) is 25.1 Å². The van der Waals surface area contributed by atoms with E-state index >= 15 is 0 Å². The van der Waals surface area contributed by atoms with Gasteiger partial charge in [-0.3, -0.25) is 4.79 Å². The molecule has 1 N–H and O–H groups in total. The predicted molar refractivity (Wildman–Crippen MR) is 92.1 cm³/mol. The summed E-state index contributed by atoms with van der Waals surface area (Å²) in [6.45, 7) is 1.94. The highest BCUT2D eigenvalue weighted by Crippen LogP contribution is 2.36. The van der Waals surface area contributed by atoms with Gasteiger partial charge in [0.2, 0.25) is 0 Å². The molecule has 3 aromatic rings. The molecule has 0 unspecified atom stereocenters. The van der Waals surface area contributed by atoms with Gasteiger partial charge in [0.25, 0.3) is 5.91 Å². The molecule has 0 radical (unpaired) electrons. The van der Waals surface area contributed by atoms with Gasteiger partial charge in [-0.1, -0.05) is 30.3 Å². The van der Waals surface area contributed by atoms with Gasteiger partial charge in [0.15, 0.2) is 0 Å². The van der Waals surface area contributed by atoms with Gasteiger partial charge in [-0.2, -0.15) is 0 Å². The smallest absolute Gasteiger partial charge is 0.341 e. The van der Waals surface area contributed by atoms with Crippen LogP contribution in [0.2, 0.25) is 0 Å². The summed E-state index contributed by atoms with van der Waals surface area (Å²) >= 11 is 1.25. The Morgan fingerprint density at radius 2 is 1.83 bits per heavy atom. The average molecular weight is 343 g/mol. The lowest BCUT2D eigenvalue weighted by Gasteiger charge is -2.07. The zero-order chi connectivity index (χ0) is 17.1. The minimum Gasteiger partial charge on any atom is -0.462 e. The average Bonchev–Trinajstić information content (AvgIpc) is 2.93. The Labute approximate surface area is 141 Å². The standard InChI is InChI=1S/C18H14FNO3S/c1-2-23-18(22)15-12-8-4-6-10-14(12)24-17(15)20-16(21)11-7-3-5-9-13(11)19/h3-10H,2H2,1H3,(H,20,21). The molecule has 0 spiro atoms. The molecule has 0 fully saturated rings. The molecule has 0 saturated carbocycles. The van der Waals surface area contributed by atoms with Crippen molar-refractivity contribution in [3.05, 3.63) is 65.5 Å². The molecule has 1 heterocycles. The number of rotatable bonds is 4. The fourth-order valence-corrected chi connectivity index (χ4v) is 3.44. The first-order valence-electron chi connectivity index (χ1n) is 7.36. The van der Waals surface area contributed by atoms with Gasteiger partial charge in [0.1, 0.15) is 16.4 Å². The normalized spacial score (nSPS) is 10.6. The Morgan fingerprint density at radius 3 is 2.58 bits per heavy atom. The van der Waals surface area contributed by atoms with Crippen molar-refractivity contribution in [1.29, 1.82) is 0 Å². The van der Waals surface area contributed by atoms with Gasteiger partial charge in [-0.25, -0.2) is 9.18 Å². The lowest BCUT2D eigenvalue weighted by Crippen LogP contribution is -2.15. The molecule has 3 rings (SSSR count). The van der Waals surface area contributed by atoms with E-state index in [9.17, 15) is 14.0 Å². The Balaban J connectivity index is 2.03. The first kappa shape index (κ1) is 16.1. The van der Waals surface area contributed by atoms with Gasteiger partial charge < -0.3 is 10.1 Å². The fraction of sp³-hybridized carbons (Fsp3) is 0.111. The third-order valence-electron chi connectivity index (χ3n) is 3.42. The van der Waals surface area contributed by atoms with Gasteiger partial charge in [0, 0.05) is 10.1 Å². The second kappa shape index (κ2) is 6.80. The highest BCUT2D eigenvalue weighted by atomic mass is 32.1. The largest absolute Gasteiger partial charge is 0.462 e. The number of ether oxygens (including phenoxy) is 1. The van der Waals surface area contributed by atoms with Gasteiger partial charge in [0.05, 0.1) is 12.2 Å². The van der Waals surface area contributed by atoms with E-state index in [4.69, 9.17) is 4.74 Å². The van der Waals surface area contributed by atoms with E-state index in [0.717, 1.165) is 4.70 Å². The van der Waals surface area contributed by atoms with Gasteiger partial charge in [-0.15, -0.1) is 11.3 Å². The number of hydrogen-bond acceptors (Lipinski definition) is 4. The predicted octanol–water partition coefficient (Wildman–Crippen LogP) is 4.47. The van der Waals surface area contributed by atoms with E-state index in [-0.39, 0.29) is 12.2 Å². The number of halogens is 1. The van der Waals surface area contributed by atoms with Crippen molar-refractivity contribution in [2.75, 3.05) is 11.9 Å². The van der Waals surface area contributed by atoms with Crippen molar-refractivity contribution in [2.24, 2.45) is 0 Å². The molecule has 0 aliphatic heterocycles. The van der Waals surface area contributed by atoms with E-state index in [0.29, 0.717) is 16.0 Å². The zero-order valence-electron chi connectivity index (χ0n) is 12.8. The summed E-state index contributed by atoms with van der Waals surface area (Å²) in [5, 5.41) is 3.68. The highest BCUT2D eigenvalue weighted by molar-refractivity contribution is 7.23. The first-order chi connectivity index (χ1) is 11.6. The molecule has 0 aliphatic carbocycles. The van der Waals surface area contributed by atoms with E-state index in [1.807, 2.05) is 12.1 Å². The molecule has 1 amide bonds. The van der Waals surface area contributed by atoms with E-state index in [2.05, 4.69) is 5.32 Å². The number of esters is 1. The third-order valence-corrected chi connectivity index (χ3v) is 4.51. The Morgan fingerprint density at radius 1 is 1.12 bits per heavy atom. The second-order valence-corrected chi connectivity index (χ2v) is 6.01. The van der Waals surface area contributed by atoms with Crippen LogP contribution < -0.4 is 5.32 Å². The van der Waals surface area contributed by atoms with Crippen molar-refractivity contribution in [3.63, 3.8) is 0 Å². The van der Waals surface area contributed by atoms with Crippen molar-refractivity contribution in [3.8, 4) is 0 Å². The highest BCUT2D eigenvalue weighted by Gasteiger charge is 2.22. The number of thiophene rings is 1. The maximum absolute atomic E-state index is 13.8. The Bertz CT molecular complexity index is 920. The molecule has 4 nitrogen and oxygen atoms in total. The number of fused-ring (bicyclic) bond motifs is 1. The summed E-state index contributed by atoms with van der Waals surface area (Å²) in [6, 6.07) is 13.0. The van der Waals surface area contributed by atoms with Gasteiger partial charge >= 0.3 is 5.97 Å². The second-order valence-electron chi connectivity index (χ2n) is 4.96. The summed E-state index contributed by atoms with van der Waals surface area (Å²) < 4.78 is 19.7. The van der Waals surface area contributed by atoms with Crippen molar-refractivity contribution in [2.45, 2.75) is 6.92 Å². The molecule has 0 aliphatic rings. The van der Waals surface area contributed by atoms with Crippen LogP contribution in [0.5, 0.6) is 0 Å². The minimum absolute atomic E-state index is 0.0789. The Hall–Kier alpha value is -2.73. The SMILES string of the molecule is CCOC(=O)c1c(NC(=O)c2ccccc2F)sc2ccccc12. The lowest BCUT2D eigenvalue weighted by molar-refractivity contribution is 0.0530. The van der Waals surface area contributed by atoms with E-state index in [1.54, 1.807) is 25.1 Å². The first-order valence-corrected chi connectivity index (χ1v) is 8.18. The lowest BCUT2D eigenvalue weighted by atomic mass is 10.1. The van der Waals surface area contributed by atoms with E-state index in [1.165, 1.54) is 29.5 Å². The third kappa shape index (κ3) is 3.00. The van der Waals surface area contributed by atoms with Crippen LogP contribution in [-0.4, -0.2) is 18.5 Å². The number of carbonyl (C=O) groups is 2. The summed E-state index contributed by atoms with van der Waals surface area (Å²) in [6.07, 6.45) is 0. The van der Waals surface area contributed by atoms with Crippen LogP contribution in [0.4, 0.5) is 9.39 Å². The van der Waals surface area contributed by atoms with E-state index < -0.39 is 17.7 Å². The molecule has 0 atom stereocenters. The van der Waals surface area contributed by atoms with Crippen molar-refractivity contribution in [1.82, 2.24) is 0 Å². The molecule has 1 aromatic heterocycles. The molecule has 24 heavy (non-hydrogen) atoms. The fourth-order valence-electron chi connectivity index (χ4n) is 2.36. The molecular formula is C18H14FNO3S. The van der Waals surface area contributed by atoms with Crippen LogP contribution in [0.3, 0.4) is 0 Å². The zero-order valence-corrected chi connectivity index (χ0v) is 13.7. The summed E-state index contributed by atoms with van der Waals surface area (Å²) in [5.41, 5.74) is 0.215. The maximum Gasteiger partial charge on any atom is 0.341 e. The van der Waals surface area contributed by atoms with Crippen LogP contribution in [0.1, 0.15) is 27.6 Å². The maximum atomic E-state index is 13.8. The van der Waals surface area contributed by atoms with Crippen LogP contribution in [0.25, 0.3) is 10.1 Å². The van der Waals surface area contributed by atoms with Crippen LogP contribution >= 0.6 is 11.3 Å². The molecule has 2 aromatic carbocycles. The number of hydrogen-bond donors (Lipinski definition) is 1. The Kier molecular flexibility index (Phi) is 4.57. The molecule has 0 bridgehead atoms. The molecule has 0 saturated heterocycles. The van der Waals surface area contributed by atoms with Crippen LogP contribution in [0, 0.1) is 5.82 Å². The molecule has 122 valence electrons. The van der Waals surface area contributed by atoms with Crippen LogP contribution in [-0.2, 0) is 4.74 Å².